The molecule has 0 heterocycles. The Labute approximate surface area is 89.2 Å². The predicted molar refractivity (Wildman–Crippen MR) is 54.9 cm³/mol. The molecule has 0 spiro atoms. The molecule has 0 bridgehead atoms. The van der Waals surface area contributed by atoms with Gasteiger partial charge in [0.25, 0.3) is 0 Å². The molecule has 0 radical (unpaired) electrons. The van der Waals surface area contributed by atoms with E-state index in [-0.39, 0.29) is 29.8 Å². The second kappa shape index (κ2) is 4.13. The lowest BCUT2D eigenvalue weighted by molar-refractivity contribution is -0.139. The van der Waals surface area contributed by atoms with Crippen LogP contribution in [0, 0.1) is 11.3 Å². The smallest absolute Gasteiger partial charge is 0.217 e. The van der Waals surface area contributed by atoms with Gasteiger partial charge in [-0.1, -0.05) is 13.8 Å². The predicted octanol–water partition coefficient (Wildman–Crippen LogP) is 0.826. The molecule has 84 valence electrons. The van der Waals surface area contributed by atoms with E-state index in [1.165, 1.54) is 0 Å². The molecule has 1 aliphatic rings. The number of ketones is 2. The number of hydrogen-bond donors (Lipinski definition) is 1. The first-order valence-electron chi connectivity index (χ1n) is 5.15. The van der Waals surface area contributed by atoms with Crippen LogP contribution in [0.5, 0.6) is 0 Å². The summed E-state index contributed by atoms with van der Waals surface area (Å²) < 4.78 is 0. The van der Waals surface area contributed by atoms with Crippen LogP contribution in [0.15, 0.2) is 0 Å². The van der Waals surface area contributed by atoms with E-state index in [0.717, 1.165) is 0 Å². The summed E-state index contributed by atoms with van der Waals surface area (Å²) >= 11 is 0. The first-order valence-corrected chi connectivity index (χ1v) is 5.15. The molecule has 0 aromatic rings. The molecule has 0 saturated heterocycles. The zero-order valence-corrected chi connectivity index (χ0v) is 9.21. The minimum Gasteiger partial charge on any atom is -0.370 e. The second-order valence-corrected chi connectivity index (χ2v) is 5.01. The van der Waals surface area contributed by atoms with Crippen LogP contribution in [0.4, 0.5) is 0 Å². The average Bonchev–Trinajstić information content (AvgIpc) is 1.98. The maximum absolute atomic E-state index is 11.7. The number of hydrogen-bond acceptors (Lipinski definition) is 3. The van der Waals surface area contributed by atoms with Crippen molar-refractivity contribution in [2.75, 3.05) is 0 Å². The summed E-state index contributed by atoms with van der Waals surface area (Å²) in [5.74, 6) is -1.14. The molecule has 0 aromatic heterocycles. The summed E-state index contributed by atoms with van der Waals surface area (Å²) in [5, 5.41) is 0. The largest absolute Gasteiger partial charge is 0.370 e. The van der Waals surface area contributed by atoms with E-state index in [1.54, 1.807) is 0 Å². The van der Waals surface area contributed by atoms with Gasteiger partial charge in [-0.3, -0.25) is 14.4 Å². The van der Waals surface area contributed by atoms with Gasteiger partial charge in [0.2, 0.25) is 5.91 Å². The highest BCUT2D eigenvalue weighted by molar-refractivity contribution is 6.05. The van der Waals surface area contributed by atoms with Crippen LogP contribution < -0.4 is 5.73 Å². The zero-order valence-electron chi connectivity index (χ0n) is 9.21. The lowest BCUT2D eigenvalue weighted by atomic mass is 9.70. The molecular formula is C11H17NO3. The van der Waals surface area contributed by atoms with E-state index in [9.17, 15) is 14.4 Å². The Morgan fingerprint density at radius 3 is 2.20 bits per heavy atom. The van der Waals surface area contributed by atoms with Crippen LogP contribution in [0.3, 0.4) is 0 Å². The van der Waals surface area contributed by atoms with Gasteiger partial charge in [0.05, 0.1) is 5.92 Å². The molecular weight excluding hydrogens is 194 g/mol. The van der Waals surface area contributed by atoms with E-state index in [0.29, 0.717) is 12.8 Å². The van der Waals surface area contributed by atoms with Crippen LogP contribution in [-0.4, -0.2) is 17.5 Å². The molecule has 0 aromatic carbocycles. The summed E-state index contributed by atoms with van der Waals surface area (Å²) in [5.41, 5.74) is 4.77. The van der Waals surface area contributed by atoms with Gasteiger partial charge in [0.15, 0.2) is 0 Å². The number of primary amides is 1. The number of amides is 1. The molecule has 0 aliphatic heterocycles. The van der Waals surface area contributed by atoms with Crippen molar-refractivity contribution in [3.63, 3.8) is 0 Å². The average molecular weight is 211 g/mol. The Morgan fingerprint density at radius 2 is 1.80 bits per heavy atom. The highest BCUT2D eigenvalue weighted by atomic mass is 16.2. The van der Waals surface area contributed by atoms with Gasteiger partial charge < -0.3 is 5.73 Å². The van der Waals surface area contributed by atoms with E-state index in [2.05, 4.69) is 0 Å². The van der Waals surface area contributed by atoms with Gasteiger partial charge >= 0.3 is 0 Å². The van der Waals surface area contributed by atoms with Crippen LogP contribution in [-0.2, 0) is 14.4 Å². The fourth-order valence-electron chi connectivity index (χ4n) is 2.04. The number of carbonyl (C=O) groups excluding carboxylic acids is 3. The number of nitrogens with two attached hydrogens (primary N) is 1. The standard InChI is InChI=1S/C11H17NO3/c1-11(2)5-8(13)7(9(14)6-11)3-4-10(12)15/h7H,3-6H2,1-2H3,(H2,12,15). The Kier molecular flexibility index (Phi) is 3.27. The second-order valence-electron chi connectivity index (χ2n) is 5.01. The third kappa shape index (κ3) is 3.15. The quantitative estimate of drug-likeness (QED) is 0.702. The lowest BCUT2D eigenvalue weighted by Gasteiger charge is -2.31. The Hall–Kier alpha value is -1.19. The van der Waals surface area contributed by atoms with Crippen LogP contribution in [0.1, 0.15) is 39.5 Å². The molecule has 4 heteroatoms. The molecule has 0 atom stereocenters. The van der Waals surface area contributed by atoms with E-state index >= 15 is 0 Å². The third-order valence-corrected chi connectivity index (χ3v) is 2.76. The third-order valence-electron chi connectivity index (χ3n) is 2.76. The highest BCUT2D eigenvalue weighted by Crippen LogP contribution is 2.35. The van der Waals surface area contributed by atoms with Gasteiger partial charge in [0, 0.05) is 19.3 Å². The first-order chi connectivity index (χ1) is 6.82. The fraction of sp³-hybridized carbons (Fsp3) is 0.727. The summed E-state index contributed by atoms with van der Waals surface area (Å²) in [7, 11) is 0. The number of Topliss-reactive ketones (excluding diaryl/α,β-unsaturated/α-hetero) is 2. The molecule has 15 heavy (non-hydrogen) atoms. The van der Waals surface area contributed by atoms with Crippen LogP contribution >= 0.6 is 0 Å². The maximum Gasteiger partial charge on any atom is 0.217 e. The molecule has 1 rings (SSSR count). The lowest BCUT2D eigenvalue weighted by Crippen LogP contribution is -2.38. The van der Waals surface area contributed by atoms with Crippen molar-refractivity contribution in [1.82, 2.24) is 0 Å². The molecule has 1 aliphatic carbocycles. The molecule has 1 fully saturated rings. The molecule has 1 amide bonds. The molecule has 1 saturated carbocycles. The Morgan fingerprint density at radius 1 is 1.33 bits per heavy atom. The number of carbonyl (C=O) groups is 3. The zero-order chi connectivity index (χ0) is 11.6. The summed E-state index contributed by atoms with van der Waals surface area (Å²) in [4.78, 5) is 33.9. The van der Waals surface area contributed by atoms with Gasteiger partial charge in [0.1, 0.15) is 11.6 Å². The van der Waals surface area contributed by atoms with Crippen molar-refractivity contribution in [1.29, 1.82) is 0 Å². The first kappa shape index (κ1) is 11.9. The van der Waals surface area contributed by atoms with Crippen molar-refractivity contribution in [3.05, 3.63) is 0 Å². The van der Waals surface area contributed by atoms with Crippen LogP contribution in [0.2, 0.25) is 0 Å². The molecule has 4 nitrogen and oxygen atoms in total. The van der Waals surface area contributed by atoms with Crippen molar-refractivity contribution in [2.24, 2.45) is 17.1 Å². The van der Waals surface area contributed by atoms with Gasteiger partial charge in [-0.25, -0.2) is 0 Å². The maximum atomic E-state index is 11.7. The number of rotatable bonds is 3. The SMILES string of the molecule is CC1(C)CC(=O)C(CCC(N)=O)C(=O)C1. The highest BCUT2D eigenvalue weighted by Gasteiger charge is 2.39. The van der Waals surface area contributed by atoms with Crippen molar-refractivity contribution >= 4 is 17.5 Å². The van der Waals surface area contributed by atoms with Crippen LogP contribution in [0.25, 0.3) is 0 Å². The molecule has 2 N–H and O–H groups in total. The van der Waals surface area contributed by atoms with Crippen molar-refractivity contribution in [2.45, 2.75) is 39.5 Å². The monoisotopic (exact) mass is 211 g/mol. The topological polar surface area (TPSA) is 77.2 Å². The minimum absolute atomic E-state index is 0.0440. The summed E-state index contributed by atoms with van der Waals surface area (Å²) in [6.07, 6.45) is 1.23. The van der Waals surface area contributed by atoms with Crippen molar-refractivity contribution < 1.29 is 14.4 Å². The minimum atomic E-state index is -0.592. The van der Waals surface area contributed by atoms with Crippen molar-refractivity contribution in [3.8, 4) is 0 Å². The molecule has 0 unspecified atom stereocenters. The summed E-state index contributed by atoms with van der Waals surface area (Å²) in [6, 6.07) is 0. The Bertz CT molecular complexity index is 287. The van der Waals surface area contributed by atoms with Gasteiger partial charge in [-0.2, -0.15) is 0 Å². The van der Waals surface area contributed by atoms with E-state index in [4.69, 9.17) is 5.73 Å². The van der Waals surface area contributed by atoms with Gasteiger partial charge in [-0.15, -0.1) is 0 Å². The fourth-order valence-corrected chi connectivity index (χ4v) is 2.04. The summed E-state index contributed by atoms with van der Waals surface area (Å²) in [6.45, 7) is 3.82. The van der Waals surface area contributed by atoms with E-state index in [1.807, 2.05) is 13.8 Å². The van der Waals surface area contributed by atoms with Gasteiger partial charge in [-0.05, 0) is 11.8 Å². The van der Waals surface area contributed by atoms with E-state index < -0.39 is 11.8 Å². The Balaban J connectivity index is 2.63. The normalized spacial score (nSPS) is 21.7.